The van der Waals surface area contributed by atoms with Gasteiger partial charge in [0.2, 0.25) is 11.8 Å². The fourth-order valence-electron chi connectivity index (χ4n) is 3.87. The normalized spacial score (nSPS) is 16.0. The molecule has 1 unspecified atom stereocenters. The van der Waals surface area contributed by atoms with Gasteiger partial charge >= 0.3 is 0 Å². The van der Waals surface area contributed by atoms with Crippen LogP contribution in [0.25, 0.3) is 0 Å². The molecule has 1 aliphatic heterocycles. The van der Waals surface area contributed by atoms with Crippen LogP contribution in [0.1, 0.15) is 49.2 Å². The van der Waals surface area contributed by atoms with E-state index in [-0.39, 0.29) is 29.8 Å². The van der Waals surface area contributed by atoms with Crippen LogP contribution in [0.5, 0.6) is 0 Å². The van der Waals surface area contributed by atoms with Gasteiger partial charge in [-0.3, -0.25) is 9.59 Å². The molecule has 0 bridgehead atoms. The van der Waals surface area contributed by atoms with E-state index in [9.17, 15) is 9.59 Å². The van der Waals surface area contributed by atoms with E-state index in [0.29, 0.717) is 29.6 Å². The molecule has 0 fully saturated rings. The van der Waals surface area contributed by atoms with Gasteiger partial charge in [-0.25, -0.2) is 0 Å². The summed E-state index contributed by atoms with van der Waals surface area (Å²) < 4.78 is 0. The Kier molecular flexibility index (Phi) is 7.51. The number of fused-ring (bicyclic) bond motifs is 1. The fraction of sp³-hybridized carbons (Fsp3) is 0.417. The van der Waals surface area contributed by atoms with Crippen molar-refractivity contribution in [3.8, 4) is 0 Å². The molecule has 0 aliphatic carbocycles. The van der Waals surface area contributed by atoms with E-state index in [0.717, 1.165) is 17.5 Å². The lowest BCUT2D eigenvalue weighted by atomic mass is 9.91. The maximum absolute atomic E-state index is 13.5. The van der Waals surface area contributed by atoms with E-state index in [4.69, 9.17) is 23.2 Å². The highest BCUT2D eigenvalue weighted by Crippen LogP contribution is 2.41. The van der Waals surface area contributed by atoms with E-state index in [1.54, 1.807) is 34.4 Å². The minimum atomic E-state index is -0.296. The second kappa shape index (κ2) is 9.76. The number of thiophene rings is 1. The van der Waals surface area contributed by atoms with Crippen LogP contribution in [0, 0.1) is 5.41 Å². The van der Waals surface area contributed by atoms with E-state index in [2.05, 4.69) is 12.6 Å². The summed E-state index contributed by atoms with van der Waals surface area (Å²) in [5.74, 6) is -0.146. The SMILES string of the molecule is C=CCN(CC(=O)N1CCc2sccc2C1c1ccc(Cl)cc1Cl)C(=O)CC(C)(C)C. The van der Waals surface area contributed by atoms with Crippen LogP contribution in [0.2, 0.25) is 10.0 Å². The largest absolute Gasteiger partial charge is 0.330 e. The number of rotatable bonds is 6. The Bertz CT molecular complexity index is 980. The van der Waals surface area contributed by atoms with E-state index in [1.807, 2.05) is 37.1 Å². The molecule has 1 aromatic heterocycles. The Hall–Kier alpha value is -1.82. The molecule has 0 radical (unpaired) electrons. The minimum Gasteiger partial charge on any atom is -0.330 e. The van der Waals surface area contributed by atoms with Gasteiger partial charge in [0.15, 0.2) is 0 Å². The molecule has 0 saturated heterocycles. The molecule has 2 aromatic rings. The molecule has 1 aliphatic rings. The molecular formula is C24H28Cl2N2O2S. The van der Waals surface area contributed by atoms with Gasteiger partial charge in [0, 0.05) is 34.4 Å². The third-order valence-electron chi connectivity index (χ3n) is 5.25. The van der Waals surface area contributed by atoms with E-state index in [1.165, 1.54) is 4.88 Å². The summed E-state index contributed by atoms with van der Waals surface area (Å²) >= 11 is 14.4. The molecule has 0 spiro atoms. The Morgan fingerprint density at radius 3 is 2.65 bits per heavy atom. The first kappa shape index (κ1) is 23.8. The van der Waals surface area contributed by atoms with Crippen molar-refractivity contribution in [3.63, 3.8) is 0 Å². The summed E-state index contributed by atoms with van der Waals surface area (Å²) in [4.78, 5) is 31.0. The number of hydrogen-bond acceptors (Lipinski definition) is 3. The zero-order valence-electron chi connectivity index (χ0n) is 18.2. The van der Waals surface area contributed by atoms with Gasteiger partial charge in [0.05, 0.1) is 6.04 Å². The molecule has 166 valence electrons. The van der Waals surface area contributed by atoms with Crippen LogP contribution in [-0.4, -0.2) is 41.2 Å². The molecule has 31 heavy (non-hydrogen) atoms. The van der Waals surface area contributed by atoms with Crippen molar-refractivity contribution >= 4 is 46.4 Å². The number of carbonyl (C=O) groups is 2. The van der Waals surface area contributed by atoms with Crippen LogP contribution >= 0.6 is 34.5 Å². The lowest BCUT2D eigenvalue weighted by Crippen LogP contribution is -2.47. The first-order valence-corrected chi connectivity index (χ1v) is 11.9. The van der Waals surface area contributed by atoms with Gasteiger partial charge in [-0.15, -0.1) is 17.9 Å². The van der Waals surface area contributed by atoms with Gasteiger partial charge in [-0.2, -0.15) is 0 Å². The standard InChI is InChI=1S/C24H28Cl2N2O2S/c1-5-10-27(21(29)14-24(2,3)4)15-22(30)28-11-8-20-18(9-12-31-20)23(28)17-7-6-16(25)13-19(17)26/h5-7,9,12-13,23H,1,8,10-11,14-15H2,2-4H3. The average Bonchev–Trinajstić information content (AvgIpc) is 3.14. The third kappa shape index (κ3) is 5.71. The maximum atomic E-state index is 13.5. The summed E-state index contributed by atoms with van der Waals surface area (Å²) in [5.41, 5.74) is 1.77. The van der Waals surface area contributed by atoms with Crippen molar-refractivity contribution in [1.82, 2.24) is 9.80 Å². The summed E-state index contributed by atoms with van der Waals surface area (Å²) in [7, 11) is 0. The zero-order valence-corrected chi connectivity index (χ0v) is 20.5. The van der Waals surface area contributed by atoms with Crippen LogP contribution < -0.4 is 0 Å². The highest BCUT2D eigenvalue weighted by molar-refractivity contribution is 7.10. The Balaban J connectivity index is 1.90. The van der Waals surface area contributed by atoms with Crippen LogP contribution in [0.4, 0.5) is 0 Å². The summed E-state index contributed by atoms with van der Waals surface area (Å²) in [5, 5.41) is 3.13. The van der Waals surface area contributed by atoms with Gasteiger partial charge in [-0.05, 0) is 46.5 Å². The summed E-state index contributed by atoms with van der Waals surface area (Å²) in [6.07, 6.45) is 2.82. The number of benzene rings is 1. The van der Waals surface area contributed by atoms with E-state index >= 15 is 0 Å². The quantitative estimate of drug-likeness (QED) is 0.479. The topological polar surface area (TPSA) is 40.6 Å². The van der Waals surface area contributed by atoms with Gasteiger partial charge in [0.25, 0.3) is 0 Å². The second-order valence-corrected chi connectivity index (χ2v) is 10.8. The number of amides is 2. The van der Waals surface area contributed by atoms with Gasteiger partial charge < -0.3 is 9.80 Å². The second-order valence-electron chi connectivity index (χ2n) is 9.00. The van der Waals surface area contributed by atoms with Crippen molar-refractivity contribution in [2.45, 2.75) is 39.7 Å². The van der Waals surface area contributed by atoms with Crippen molar-refractivity contribution in [2.75, 3.05) is 19.6 Å². The first-order chi connectivity index (χ1) is 14.6. The predicted octanol–water partition coefficient (Wildman–Crippen LogP) is 5.98. The molecule has 7 heteroatoms. The van der Waals surface area contributed by atoms with Gasteiger partial charge in [0.1, 0.15) is 6.54 Å². The van der Waals surface area contributed by atoms with Crippen molar-refractivity contribution in [3.05, 3.63) is 68.3 Å². The highest BCUT2D eigenvalue weighted by atomic mass is 35.5. The summed E-state index contributed by atoms with van der Waals surface area (Å²) in [6.45, 7) is 10.7. The molecule has 2 heterocycles. The lowest BCUT2D eigenvalue weighted by Gasteiger charge is -2.38. The van der Waals surface area contributed by atoms with Crippen LogP contribution in [0.15, 0.2) is 42.3 Å². The maximum Gasteiger partial charge on any atom is 0.243 e. The average molecular weight is 479 g/mol. The number of nitrogens with zero attached hydrogens (tertiary/aromatic N) is 2. The number of halogens is 2. The molecule has 3 rings (SSSR count). The zero-order chi connectivity index (χ0) is 22.8. The van der Waals surface area contributed by atoms with Crippen LogP contribution in [0.3, 0.4) is 0 Å². The Morgan fingerprint density at radius 1 is 1.26 bits per heavy atom. The van der Waals surface area contributed by atoms with Gasteiger partial charge in [-0.1, -0.05) is 56.1 Å². The lowest BCUT2D eigenvalue weighted by molar-refractivity contribution is -0.142. The van der Waals surface area contributed by atoms with Crippen molar-refractivity contribution < 1.29 is 9.59 Å². The smallest absolute Gasteiger partial charge is 0.243 e. The van der Waals surface area contributed by atoms with Crippen LogP contribution in [-0.2, 0) is 16.0 Å². The molecule has 1 atom stereocenters. The number of hydrogen-bond donors (Lipinski definition) is 0. The van der Waals surface area contributed by atoms with E-state index < -0.39 is 0 Å². The molecule has 2 amide bonds. The highest BCUT2D eigenvalue weighted by Gasteiger charge is 2.35. The summed E-state index contributed by atoms with van der Waals surface area (Å²) in [6, 6.07) is 7.15. The Morgan fingerprint density at radius 2 is 2.00 bits per heavy atom. The molecule has 0 saturated carbocycles. The molecular weight excluding hydrogens is 451 g/mol. The third-order valence-corrected chi connectivity index (χ3v) is 6.81. The molecule has 1 aromatic carbocycles. The first-order valence-electron chi connectivity index (χ1n) is 10.3. The van der Waals surface area contributed by atoms with Crippen molar-refractivity contribution in [2.24, 2.45) is 5.41 Å². The minimum absolute atomic E-state index is 0.0160. The monoisotopic (exact) mass is 478 g/mol. The number of carbonyl (C=O) groups excluding carboxylic acids is 2. The van der Waals surface area contributed by atoms with Crippen molar-refractivity contribution in [1.29, 1.82) is 0 Å². The molecule has 0 N–H and O–H groups in total. The fourth-order valence-corrected chi connectivity index (χ4v) is 5.29. The Labute approximate surface area is 198 Å². The molecule has 4 nitrogen and oxygen atoms in total. The predicted molar refractivity (Wildman–Crippen MR) is 129 cm³/mol.